The van der Waals surface area contributed by atoms with Gasteiger partial charge in [-0.3, -0.25) is 9.63 Å². The summed E-state index contributed by atoms with van der Waals surface area (Å²) in [5.41, 5.74) is 8.28. The van der Waals surface area contributed by atoms with Gasteiger partial charge in [0.05, 0.1) is 5.69 Å². The van der Waals surface area contributed by atoms with Gasteiger partial charge in [-0.1, -0.05) is 0 Å². The fourth-order valence-corrected chi connectivity index (χ4v) is 1.15. The summed E-state index contributed by atoms with van der Waals surface area (Å²) in [6.45, 7) is 1.61. The van der Waals surface area contributed by atoms with Gasteiger partial charge in [-0.2, -0.15) is 0 Å². The molecular formula is C6H9N3O2S. The Morgan fingerprint density at radius 2 is 2.67 bits per heavy atom. The number of carbonyl (C=O) groups excluding carboxylic acids is 1. The summed E-state index contributed by atoms with van der Waals surface area (Å²) in [4.78, 5) is 19.1. The Kier molecular flexibility index (Phi) is 3.01. The minimum atomic E-state index is -0.238. The van der Waals surface area contributed by atoms with Gasteiger partial charge in [0.15, 0.2) is 5.13 Å². The zero-order valence-electron chi connectivity index (χ0n) is 6.53. The van der Waals surface area contributed by atoms with E-state index >= 15 is 0 Å². The molecule has 6 heteroatoms. The molecule has 5 nitrogen and oxygen atoms in total. The predicted molar refractivity (Wildman–Crippen MR) is 45.1 cm³/mol. The molecule has 0 bridgehead atoms. The molecule has 1 rings (SSSR count). The summed E-state index contributed by atoms with van der Waals surface area (Å²) >= 11 is 1.34. The standard InChI is InChI=1S/C6H9N3O2S/c1-4(10)9-11-2-5-3-12-6(7)8-5/h3H,2H2,1H3,(H2,7,8)(H,9,10). The number of hydrogen-bond acceptors (Lipinski definition) is 5. The summed E-state index contributed by atoms with van der Waals surface area (Å²) in [5, 5.41) is 2.27. The maximum Gasteiger partial charge on any atom is 0.240 e. The highest BCUT2D eigenvalue weighted by atomic mass is 32.1. The van der Waals surface area contributed by atoms with Crippen molar-refractivity contribution in [2.75, 3.05) is 5.73 Å². The number of nitrogens with zero attached hydrogens (tertiary/aromatic N) is 1. The van der Waals surface area contributed by atoms with Gasteiger partial charge in [-0.05, 0) is 0 Å². The second kappa shape index (κ2) is 4.03. The lowest BCUT2D eigenvalue weighted by Gasteiger charge is -1.99. The Morgan fingerprint density at radius 1 is 1.92 bits per heavy atom. The minimum Gasteiger partial charge on any atom is -0.375 e. The first-order valence-electron chi connectivity index (χ1n) is 3.26. The Labute approximate surface area is 73.5 Å². The molecule has 0 spiro atoms. The number of thiazole rings is 1. The van der Waals surface area contributed by atoms with E-state index in [4.69, 9.17) is 10.6 Å². The summed E-state index contributed by atoms with van der Waals surface area (Å²) in [6, 6.07) is 0. The van der Waals surface area contributed by atoms with Crippen molar-refractivity contribution < 1.29 is 9.63 Å². The van der Waals surface area contributed by atoms with Crippen molar-refractivity contribution in [2.24, 2.45) is 0 Å². The molecule has 0 radical (unpaired) electrons. The Morgan fingerprint density at radius 3 is 3.17 bits per heavy atom. The lowest BCUT2D eigenvalue weighted by molar-refractivity contribution is -0.132. The number of nitrogens with two attached hydrogens (primary N) is 1. The first-order chi connectivity index (χ1) is 5.68. The highest BCUT2D eigenvalue weighted by molar-refractivity contribution is 7.13. The van der Waals surface area contributed by atoms with Crippen molar-refractivity contribution in [3.05, 3.63) is 11.1 Å². The fourth-order valence-electron chi connectivity index (χ4n) is 0.601. The fraction of sp³-hybridized carbons (Fsp3) is 0.333. The molecule has 0 aliphatic carbocycles. The molecule has 1 aromatic heterocycles. The van der Waals surface area contributed by atoms with E-state index in [1.807, 2.05) is 0 Å². The molecule has 0 atom stereocenters. The lowest BCUT2D eigenvalue weighted by Crippen LogP contribution is -2.19. The van der Waals surface area contributed by atoms with Gasteiger partial charge in [-0.25, -0.2) is 10.5 Å². The highest BCUT2D eigenvalue weighted by Crippen LogP contribution is 2.10. The van der Waals surface area contributed by atoms with E-state index in [0.717, 1.165) is 0 Å². The minimum absolute atomic E-state index is 0.238. The van der Waals surface area contributed by atoms with Gasteiger partial charge in [0.2, 0.25) is 5.91 Å². The first-order valence-corrected chi connectivity index (χ1v) is 4.14. The molecule has 0 saturated heterocycles. The maximum atomic E-state index is 10.4. The number of amides is 1. The topological polar surface area (TPSA) is 77.2 Å². The first kappa shape index (κ1) is 8.95. The third-order valence-electron chi connectivity index (χ3n) is 1.01. The van der Waals surface area contributed by atoms with Crippen molar-refractivity contribution in [1.29, 1.82) is 0 Å². The van der Waals surface area contributed by atoms with Crippen LogP contribution in [0.5, 0.6) is 0 Å². The molecule has 1 amide bonds. The number of carbonyl (C=O) groups is 1. The maximum absolute atomic E-state index is 10.4. The van der Waals surface area contributed by atoms with Crippen molar-refractivity contribution >= 4 is 22.4 Å². The average molecular weight is 187 g/mol. The van der Waals surface area contributed by atoms with E-state index in [0.29, 0.717) is 10.8 Å². The monoisotopic (exact) mass is 187 g/mol. The largest absolute Gasteiger partial charge is 0.375 e. The SMILES string of the molecule is CC(=O)NOCc1csc(N)n1. The summed E-state index contributed by atoms with van der Waals surface area (Å²) in [5.74, 6) is -0.238. The number of aromatic nitrogens is 1. The van der Waals surface area contributed by atoms with Gasteiger partial charge in [-0.15, -0.1) is 11.3 Å². The molecule has 0 unspecified atom stereocenters. The molecule has 0 fully saturated rings. The van der Waals surface area contributed by atoms with Gasteiger partial charge < -0.3 is 5.73 Å². The molecule has 3 N–H and O–H groups in total. The summed E-state index contributed by atoms with van der Waals surface area (Å²) in [6.07, 6.45) is 0. The van der Waals surface area contributed by atoms with E-state index in [-0.39, 0.29) is 12.5 Å². The second-order valence-electron chi connectivity index (χ2n) is 2.12. The molecule has 0 aliphatic rings. The molecule has 66 valence electrons. The third kappa shape index (κ3) is 2.85. The predicted octanol–water partition coefficient (Wildman–Crippen LogP) is 0.293. The number of hydroxylamine groups is 1. The van der Waals surface area contributed by atoms with Crippen LogP contribution in [-0.4, -0.2) is 10.9 Å². The van der Waals surface area contributed by atoms with Crippen LogP contribution in [-0.2, 0) is 16.2 Å². The van der Waals surface area contributed by atoms with Crippen LogP contribution in [0.4, 0.5) is 5.13 Å². The van der Waals surface area contributed by atoms with Crippen LogP contribution >= 0.6 is 11.3 Å². The number of anilines is 1. The van der Waals surface area contributed by atoms with Gasteiger partial charge >= 0.3 is 0 Å². The van der Waals surface area contributed by atoms with Crippen LogP contribution in [0.3, 0.4) is 0 Å². The van der Waals surface area contributed by atoms with E-state index < -0.39 is 0 Å². The smallest absolute Gasteiger partial charge is 0.240 e. The Bertz CT molecular complexity index is 274. The second-order valence-corrected chi connectivity index (χ2v) is 3.01. The van der Waals surface area contributed by atoms with Crippen LogP contribution in [0.2, 0.25) is 0 Å². The molecule has 12 heavy (non-hydrogen) atoms. The normalized spacial score (nSPS) is 9.75. The molecule has 1 aromatic rings. The van der Waals surface area contributed by atoms with Gasteiger partial charge in [0, 0.05) is 12.3 Å². The van der Waals surface area contributed by atoms with Gasteiger partial charge in [0.1, 0.15) is 6.61 Å². The van der Waals surface area contributed by atoms with E-state index in [1.54, 1.807) is 5.38 Å². The Hall–Kier alpha value is -1.14. The van der Waals surface area contributed by atoms with Crippen LogP contribution < -0.4 is 11.2 Å². The van der Waals surface area contributed by atoms with Crippen molar-refractivity contribution in [1.82, 2.24) is 10.5 Å². The number of nitrogens with one attached hydrogen (secondary N) is 1. The van der Waals surface area contributed by atoms with Crippen LogP contribution in [0.1, 0.15) is 12.6 Å². The molecule has 0 aromatic carbocycles. The molecular weight excluding hydrogens is 178 g/mol. The molecule has 0 aliphatic heterocycles. The third-order valence-corrected chi connectivity index (χ3v) is 1.73. The van der Waals surface area contributed by atoms with Gasteiger partial charge in [0.25, 0.3) is 0 Å². The zero-order valence-corrected chi connectivity index (χ0v) is 7.35. The number of rotatable bonds is 3. The number of nitrogen functional groups attached to an aromatic ring is 1. The quantitative estimate of drug-likeness (QED) is 0.667. The van der Waals surface area contributed by atoms with Crippen LogP contribution in [0.15, 0.2) is 5.38 Å². The zero-order chi connectivity index (χ0) is 8.97. The van der Waals surface area contributed by atoms with E-state index in [9.17, 15) is 4.79 Å². The Balaban J connectivity index is 2.29. The summed E-state index contributed by atoms with van der Waals surface area (Å²) < 4.78 is 0. The molecule has 1 heterocycles. The van der Waals surface area contributed by atoms with Crippen molar-refractivity contribution in [3.63, 3.8) is 0 Å². The van der Waals surface area contributed by atoms with Crippen LogP contribution in [0.25, 0.3) is 0 Å². The lowest BCUT2D eigenvalue weighted by atomic mass is 10.5. The number of hydrogen-bond donors (Lipinski definition) is 2. The molecule has 0 saturated carbocycles. The van der Waals surface area contributed by atoms with Crippen molar-refractivity contribution in [2.45, 2.75) is 13.5 Å². The van der Waals surface area contributed by atoms with Crippen molar-refractivity contribution in [3.8, 4) is 0 Å². The van der Waals surface area contributed by atoms with Crippen LogP contribution in [0, 0.1) is 0 Å². The van der Waals surface area contributed by atoms with E-state index in [2.05, 4.69) is 10.5 Å². The highest BCUT2D eigenvalue weighted by Gasteiger charge is 1.98. The average Bonchev–Trinajstić information content (AvgIpc) is 2.35. The summed E-state index contributed by atoms with van der Waals surface area (Å²) in [7, 11) is 0. The van der Waals surface area contributed by atoms with E-state index in [1.165, 1.54) is 18.3 Å².